The Bertz CT molecular complexity index is 659. The van der Waals surface area contributed by atoms with Gasteiger partial charge in [0.15, 0.2) is 0 Å². The lowest BCUT2D eigenvalue weighted by Crippen LogP contribution is -2.14. The zero-order valence-electron chi connectivity index (χ0n) is 11.5. The fourth-order valence-corrected chi connectivity index (χ4v) is 2.40. The monoisotopic (exact) mass is 286 g/mol. The van der Waals surface area contributed by atoms with Crippen molar-refractivity contribution in [3.8, 4) is 5.88 Å². The molecule has 3 rings (SSSR count). The summed E-state index contributed by atoms with van der Waals surface area (Å²) in [5.74, 6) is 1.02. The van der Waals surface area contributed by atoms with Gasteiger partial charge in [-0.1, -0.05) is 13.0 Å². The molecule has 0 fully saturated rings. The molecule has 1 aliphatic carbocycles. The molecule has 0 aromatic carbocycles. The zero-order chi connectivity index (χ0) is 14.8. The van der Waals surface area contributed by atoms with E-state index in [-0.39, 0.29) is 11.8 Å². The molecule has 6 nitrogen and oxygen atoms in total. The molecule has 21 heavy (non-hydrogen) atoms. The average Bonchev–Trinajstić information content (AvgIpc) is 2.92. The van der Waals surface area contributed by atoms with E-state index in [1.165, 1.54) is 18.3 Å². The summed E-state index contributed by atoms with van der Waals surface area (Å²) in [5, 5.41) is 10.6. The Morgan fingerprint density at radius 3 is 3.05 bits per heavy atom. The summed E-state index contributed by atoms with van der Waals surface area (Å²) >= 11 is 0. The number of ether oxygens (including phenoxy) is 2. The lowest BCUT2D eigenvalue weighted by Gasteiger charge is -2.18. The van der Waals surface area contributed by atoms with Crippen LogP contribution in [0.25, 0.3) is 0 Å². The molecular weight excluding hydrogens is 272 g/mol. The van der Waals surface area contributed by atoms with E-state index in [4.69, 9.17) is 9.47 Å². The van der Waals surface area contributed by atoms with E-state index in [1.54, 1.807) is 6.26 Å². The molecule has 0 saturated carbocycles. The van der Waals surface area contributed by atoms with Crippen molar-refractivity contribution in [1.82, 2.24) is 4.98 Å². The van der Waals surface area contributed by atoms with Gasteiger partial charge in [-0.05, 0) is 18.9 Å². The van der Waals surface area contributed by atoms with Crippen LogP contribution < -0.4 is 4.74 Å². The molecule has 1 unspecified atom stereocenters. The number of nitrogens with zero attached hydrogens (tertiary/aromatic N) is 2. The Morgan fingerprint density at radius 1 is 1.52 bits per heavy atom. The topological polar surface area (TPSA) is 74.5 Å². The summed E-state index contributed by atoms with van der Waals surface area (Å²) in [5.41, 5.74) is 2.09. The Balaban J connectivity index is 1.87. The van der Waals surface area contributed by atoms with Crippen LogP contribution in [-0.2, 0) is 4.74 Å². The molecule has 1 aromatic heterocycles. The van der Waals surface area contributed by atoms with Crippen molar-refractivity contribution in [3.05, 3.63) is 63.8 Å². The van der Waals surface area contributed by atoms with Crippen molar-refractivity contribution in [2.24, 2.45) is 0 Å². The number of rotatable bonds is 4. The number of aromatic nitrogens is 1. The van der Waals surface area contributed by atoms with Gasteiger partial charge in [-0.15, -0.1) is 0 Å². The molecule has 2 aliphatic rings. The van der Waals surface area contributed by atoms with Crippen molar-refractivity contribution in [2.75, 3.05) is 0 Å². The Kier molecular flexibility index (Phi) is 3.43. The smallest absolute Gasteiger partial charge is 0.287 e. The summed E-state index contributed by atoms with van der Waals surface area (Å²) in [6.07, 6.45) is 8.53. The van der Waals surface area contributed by atoms with E-state index in [9.17, 15) is 10.1 Å². The molecule has 0 N–H and O–H groups in total. The maximum atomic E-state index is 10.6. The quantitative estimate of drug-likeness (QED) is 0.627. The first-order valence-electron chi connectivity index (χ1n) is 6.73. The van der Waals surface area contributed by atoms with Gasteiger partial charge in [0, 0.05) is 23.3 Å². The van der Waals surface area contributed by atoms with Crippen LogP contribution in [0.4, 0.5) is 5.69 Å². The largest absolute Gasteiger partial charge is 0.493 e. The second kappa shape index (κ2) is 5.40. The summed E-state index contributed by atoms with van der Waals surface area (Å²) in [4.78, 5) is 14.1. The Hall–Kier alpha value is -2.63. The third kappa shape index (κ3) is 2.52. The molecule has 1 aromatic rings. The van der Waals surface area contributed by atoms with Crippen molar-refractivity contribution in [2.45, 2.75) is 25.9 Å². The number of hydrogen-bond acceptors (Lipinski definition) is 5. The van der Waals surface area contributed by atoms with Crippen LogP contribution in [0.1, 0.15) is 19.8 Å². The molecule has 0 saturated heterocycles. The van der Waals surface area contributed by atoms with Gasteiger partial charge >= 0.3 is 0 Å². The first-order chi connectivity index (χ1) is 10.2. The summed E-state index contributed by atoms with van der Waals surface area (Å²) < 4.78 is 11.4. The van der Waals surface area contributed by atoms with Crippen LogP contribution >= 0.6 is 0 Å². The van der Waals surface area contributed by atoms with Crippen LogP contribution in [0.5, 0.6) is 5.88 Å². The van der Waals surface area contributed by atoms with E-state index < -0.39 is 4.92 Å². The molecular formula is C15H14N2O4. The molecule has 6 heteroatoms. The molecule has 0 spiro atoms. The standard InChI is InChI=1S/C15H14N2O4/c1-2-12-15-10(9-20-12)4-3-5-13(15)21-14-7-6-11(8-16-14)17(18)19/h3,5-9,12H,2,4H2,1H3. The second-order valence-corrected chi connectivity index (χ2v) is 4.77. The molecule has 1 aliphatic heterocycles. The van der Waals surface area contributed by atoms with Crippen molar-refractivity contribution < 1.29 is 14.4 Å². The predicted octanol–water partition coefficient (Wildman–Crippen LogP) is 3.28. The number of allylic oxidation sites excluding steroid dienone is 2. The highest BCUT2D eigenvalue weighted by atomic mass is 16.6. The van der Waals surface area contributed by atoms with E-state index >= 15 is 0 Å². The summed E-state index contributed by atoms with van der Waals surface area (Å²) in [7, 11) is 0. The number of pyridine rings is 1. The lowest BCUT2D eigenvalue weighted by atomic mass is 9.94. The fourth-order valence-electron chi connectivity index (χ4n) is 2.40. The molecule has 0 amide bonds. The third-order valence-corrected chi connectivity index (χ3v) is 3.43. The maximum absolute atomic E-state index is 10.6. The van der Waals surface area contributed by atoms with Crippen LogP contribution in [-0.4, -0.2) is 16.0 Å². The van der Waals surface area contributed by atoms with Gasteiger partial charge in [0.2, 0.25) is 5.88 Å². The van der Waals surface area contributed by atoms with Crippen LogP contribution in [0, 0.1) is 10.1 Å². The van der Waals surface area contributed by atoms with Crippen LogP contribution in [0.3, 0.4) is 0 Å². The SMILES string of the molecule is CCC1OC=C2CC=CC(Oc3ccc([N+](=O)[O-])cn3)=C21. The summed E-state index contributed by atoms with van der Waals surface area (Å²) in [6.45, 7) is 2.05. The van der Waals surface area contributed by atoms with Gasteiger partial charge in [-0.25, -0.2) is 4.98 Å². The minimum absolute atomic E-state index is 0.00185. The van der Waals surface area contributed by atoms with Crippen molar-refractivity contribution in [3.63, 3.8) is 0 Å². The van der Waals surface area contributed by atoms with Gasteiger partial charge in [0.05, 0.1) is 11.2 Å². The van der Waals surface area contributed by atoms with Crippen molar-refractivity contribution in [1.29, 1.82) is 0 Å². The van der Waals surface area contributed by atoms with Gasteiger partial charge in [0.1, 0.15) is 18.1 Å². The lowest BCUT2D eigenvalue weighted by molar-refractivity contribution is -0.385. The maximum Gasteiger partial charge on any atom is 0.287 e. The Morgan fingerprint density at radius 2 is 2.38 bits per heavy atom. The average molecular weight is 286 g/mol. The van der Waals surface area contributed by atoms with E-state index in [0.29, 0.717) is 11.6 Å². The number of hydrogen-bond donors (Lipinski definition) is 0. The highest BCUT2D eigenvalue weighted by molar-refractivity contribution is 5.48. The second-order valence-electron chi connectivity index (χ2n) is 4.77. The third-order valence-electron chi connectivity index (χ3n) is 3.43. The Labute approximate surface area is 121 Å². The highest BCUT2D eigenvalue weighted by Crippen LogP contribution is 2.36. The highest BCUT2D eigenvalue weighted by Gasteiger charge is 2.29. The number of fused-ring (bicyclic) bond motifs is 1. The predicted molar refractivity (Wildman–Crippen MR) is 75.5 cm³/mol. The normalized spacial score (nSPS) is 19.9. The summed E-state index contributed by atoms with van der Waals surface area (Å²) in [6, 6.07) is 2.87. The zero-order valence-corrected chi connectivity index (χ0v) is 11.5. The van der Waals surface area contributed by atoms with Crippen molar-refractivity contribution >= 4 is 5.69 Å². The first kappa shape index (κ1) is 13.4. The molecule has 2 heterocycles. The minimum Gasteiger partial charge on any atom is -0.493 e. The van der Waals surface area contributed by atoms with Gasteiger partial charge in [-0.2, -0.15) is 0 Å². The molecule has 0 radical (unpaired) electrons. The van der Waals surface area contributed by atoms with E-state index in [0.717, 1.165) is 24.0 Å². The fraction of sp³-hybridized carbons (Fsp3) is 0.267. The van der Waals surface area contributed by atoms with Gasteiger partial charge in [-0.3, -0.25) is 10.1 Å². The van der Waals surface area contributed by atoms with Crippen LogP contribution in [0.15, 0.2) is 53.6 Å². The first-order valence-corrected chi connectivity index (χ1v) is 6.73. The molecule has 1 atom stereocenters. The minimum atomic E-state index is -0.488. The van der Waals surface area contributed by atoms with Crippen LogP contribution in [0.2, 0.25) is 0 Å². The molecule has 0 bridgehead atoms. The van der Waals surface area contributed by atoms with E-state index in [1.807, 2.05) is 12.2 Å². The number of nitro groups is 1. The molecule has 108 valence electrons. The van der Waals surface area contributed by atoms with E-state index in [2.05, 4.69) is 11.9 Å². The van der Waals surface area contributed by atoms with Gasteiger partial charge < -0.3 is 9.47 Å². The van der Waals surface area contributed by atoms with Gasteiger partial charge in [0.25, 0.3) is 5.69 Å².